The first-order chi connectivity index (χ1) is 6.60. The van der Waals surface area contributed by atoms with Crippen LogP contribution in [0.3, 0.4) is 0 Å². The topological polar surface area (TPSA) is 6.48 Å². The van der Waals surface area contributed by atoms with E-state index in [0.29, 0.717) is 5.54 Å². The summed E-state index contributed by atoms with van der Waals surface area (Å²) in [4.78, 5) is 0. The van der Waals surface area contributed by atoms with Crippen LogP contribution < -0.4 is 0 Å². The maximum Gasteiger partial charge on any atom is 0.0325 e. The Morgan fingerprint density at radius 1 is 1.21 bits per heavy atom. The first-order valence-electron chi connectivity index (χ1n) is 6.05. The number of rotatable bonds is 2. The SMILES string of the molecule is CC.CCCC1(C)CCCN(C)N1C. The van der Waals surface area contributed by atoms with Crippen molar-refractivity contribution in [2.24, 2.45) is 0 Å². The van der Waals surface area contributed by atoms with Crippen molar-refractivity contribution in [1.29, 1.82) is 0 Å². The predicted molar refractivity (Wildman–Crippen MR) is 64.3 cm³/mol. The molecule has 0 aromatic rings. The van der Waals surface area contributed by atoms with Gasteiger partial charge in [0.05, 0.1) is 0 Å². The van der Waals surface area contributed by atoms with E-state index in [4.69, 9.17) is 0 Å². The van der Waals surface area contributed by atoms with Crippen LogP contribution in [0.25, 0.3) is 0 Å². The van der Waals surface area contributed by atoms with Gasteiger partial charge in [-0.1, -0.05) is 27.2 Å². The molecule has 1 saturated heterocycles. The minimum absolute atomic E-state index is 0.418. The summed E-state index contributed by atoms with van der Waals surface area (Å²) in [5.74, 6) is 0. The van der Waals surface area contributed by atoms with Crippen molar-refractivity contribution in [1.82, 2.24) is 10.0 Å². The van der Waals surface area contributed by atoms with Crippen LogP contribution in [0.15, 0.2) is 0 Å². The van der Waals surface area contributed by atoms with Gasteiger partial charge in [-0.15, -0.1) is 0 Å². The molecule has 1 unspecified atom stereocenters. The van der Waals surface area contributed by atoms with Gasteiger partial charge >= 0.3 is 0 Å². The molecule has 0 aliphatic carbocycles. The molecule has 0 N–H and O–H groups in total. The number of hydrogen-bond acceptors (Lipinski definition) is 2. The van der Waals surface area contributed by atoms with Crippen LogP contribution in [-0.2, 0) is 0 Å². The fourth-order valence-electron chi connectivity index (χ4n) is 2.24. The van der Waals surface area contributed by atoms with Crippen molar-refractivity contribution in [3.8, 4) is 0 Å². The van der Waals surface area contributed by atoms with Gasteiger partial charge in [0.25, 0.3) is 0 Å². The van der Waals surface area contributed by atoms with E-state index in [1.165, 1.54) is 32.2 Å². The summed E-state index contributed by atoms with van der Waals surface area (Å²) < 4.78 is 0. The second kappa shape index (κ2) is 6.41. The van der Waals surface area contributed by atoms with Crippen molar-refractivity contribution in [3.05, 3.63) is 0 Å². The molecular weight excluding hydrogens is 172 g/mol. The Kier molecular flexibility index (Phi) is 6.38. The van der Waals surface area contributed by atoms with Crippen molar-refractivity contribution >= 4 is 0 Å². The predicted octanol–water partition coefficient (Wildman–Crippen LogP) is 3.14. The maximum atomic E-state index is 2.42. The highest BCUT2D eigenvalue weighted by Crippen LogP contribution is 2.30. The highest BCUT2D eigenvalue weighted by Gasteiger charge is 2.33. The first-order valence-corrected chi connectivity index (χ1v) is 6.05. The standard InChI is InChI=1S/C10H22N2.C2H6/c1-5-7-10(2)8-6-9-11(3)12(10)4;1-2/h5-9H2,1-4H3;1-2H3. The van der Waals surface area contributed by atoms with Crippen LogP contribution in [0.1, 0.15) is 53.4 Å². The van der Waals surface area contributed by atoms with Gasteiger partial charge in [0.1, 0.15) is 0 Å². The lowest BCUT2D eigenvalue weighted by molar-refractivity contribution is -0.101. The fraction of sp³-hybridized carbons (Fsp3) is 1.00. The Hall–Kier alpha value is -0.0800. The Labute approximate surface area is 90.2 Å². The lowest BCUT2D eigenvalue weighted by atomic mass is 9.88. The average molecular weight is 200 g/mol. The van der Waals surface area contributed by atoms with Crippen molar-refractivity contribution in [2.45, 2.75) is 58.9 Å². The van der Waals surface area contributed by atoms with E-state index in [1.54, 1.807) is 0 Å². The van der Waals surface area contributed by atoms with E-state index in [0.717, 1.165) is 0 Å². The molecule has 0 amide bonds. The molecule has 1 atom stereocenters. The zero-order valence-electron chi connectivity index (χ0n) is 10.9. The van der Waals surface area contributed by atoms with Gasteiger partial charge in [0.15, 0.2) is 0 Å². The van der Waals surface area contributed by atoms with Gasteiger partial charge in [-0.25, -0.2) is 10.0 Å². The normalized spacial score (nSPS) is 29.6. The summed E-state index contributed by atoms with van der Waals surface area (Å²) in [5.41, 5.74) is 0.418. The summed E-state index contributed by atoms with van der Waals surface area (Å²) >= 11 is 0. The van der Waals surface area contributed by atoms with E-state index in [9.17, 15) is 0 Å². The van der Waals surface area contributed by atoms with Crippen LogP contribution in [0.5, 0.6) is 0 Å². The number of hydrogen-bond donors (Lipinski definition) is 0. The van der Waals surface area contributed by atoms with Crippen LogP contribution >= 0.6 is 0 Å². The second-order valence-corrected chi connectivity index (χ2v) is 4.26. The quantitative estimate of drug-likeness (QED) is 0.675. The monoisotopic (exact) mass is 200 g/mol. The summed E-state index contributed by atoms with van der Waals surface area (Å²) in [5, 5.41) is 4.76. The molecule has 0 bridgehead atoms. The van der Waals surface area contributed by atoms with Gasteiger partial charge in [0.2, 0.25) is 0 Å². The Morgan fingerprint density at radius 2 is 1.79 bits per heavy atom. The second-order valence-electron chi connectivity index (χ2n) is 4.26. The van der Waals surface area contributed by atoms with Gasteiger partial charge < -0.3 is 0 Å². The highest BCUT2D eigenvalue weighted by atomic mass is 15.6. The largest absolute Gasteiger partial charge is 0.245 e. The molecular formula is C12H28N2. The van der Waals surface area contributed by atoms with Crippen LogP contribution in [-0.4, -0.2) is 36.2 Å². The zero-order valence-corrected chi connectivity index (χ0v) is 10.9. The molecule has 0 spiro atoms. The maximum absolute atomic E-state index is 2.42. The molecule has 0 aromatic carbocycles. The summed E-state index contributed by atoms with van der Waals surface area (Å²) in [7, 11) is 4.40. The summed E-state index contributed by atoms with van der Waals surface area (Å²) in [6.45, 7) is 9.87. The van der Waals surface area contributed by atoms with Crippen molar-refractivity contribution < 1.29 is 0 Å². The molecule has 14 heavy (non-hydrogen) atoms. The van der Waals surface area contributed by atoms with Crippen LogP contribution in [0, 0.1) is 0 Å². The highest BCUT2D eigenvalue weighted by molar-refractivity contribution is 4.85. The Morgan fingerprint density at radius 3 is 2.29 bits per heavy atom. The molecule has 2 nitrogen and oxygen atoms in total. The molecule has 0 aromatic heterocycles. The minimum Gasteiger partial charge on any atom is -0.245 e. The van der Waals surface area contributed by atoms with Gasteiger partial charge in [-0.2, -0.15) is 0 Å². The molecule has 1 heterocycles. The molecule has 0 saturated carbocycles. The Bertz CT molecular complexity index is 143. The minimum atomic E-state index is 0.418. The van der Waals surface area contributed by atoms with E-state index < -0.39 is 0 Å². The molecule has 1 aliphatic heterocycles. The molecule has 86 valence electrons. The number of nitrogens with zero attached hydrogens (tertiary/aromatic N) is 2. The molecule has 0 radical (unpaired) electrons. The average Bonchev–Trinajstić information content (AvgIpc) is 2.18. The third-order valence-corrected chi connectivity index (χ3v) is 3.28. The van der Waals surface area contributed by atoms with Gasteiger partial charge in [-0.05, 0) is 26.2 Å². The first kappa shape index (κ1) is 13.9. The van der Waals surface area contributed by atoms with E-state index in [-0.39, 0.29) is 0 Å². The van der Waals surface area contributed by atoms with Crippen molar-refractivity contribution in [2.75, 3.05) is 20.6 Å². The molecule has 1 fully saturated rings. The summed E-state index contributed by atoms with van der Waals surface area (Å²) in [6, 6.07) is 0. The van der Waals surface area contributed by atoms with Crippen molar-refractivity contribution in [3.63, 3.8) is 0 Å². The van der Waals surface area contributed by atoms with E-state index in [1.807, 2.05) is 13.8 Å². The third-order valence-electron chi connectivity index (χ3n) is 3.28. The molecule has 2 heteroatoms. The van der Waals surface area contributed by atoms with Crippen LogP contribution in [0.4, 0.5) is 0 Å². The number of hydrazine groups is 1. The fourth-order valence-corrected chi connectivity index (χ4v) is 2.24. The summed E-state index contributed by atoms with van der Waals surface area (Å²) in [6.07, 6.45) is 5.29. The lowest BCUT2D eigenvalue weighted by Gasteiger charge is -2.48. The van der Waals surface area contributed by atoms with E-state index >= 15 is 0 Å². The smallest absolute Gasteiger partial charge is 0.0325 e. The Balaban J connectivity index is 0.000000791. The van der Waals surface area contributed by atoms with Gasteiger partial charge in [-0.3, -0.25) is 0 Å². The zero-order chi connectivity index (χ0) is 11.2. The lowest BCUT2D eigenvalue weighted by Crippen LogP contribution is -2.55. The van der Waals surface area contributed by atoms with E-state index in [2.05, 4.69) is 38.0 Å². The molecule has 1 aliphatic rings. The van der Waals surface area contributed by atoms with Crippen LogP contribution in [0.2, 0.25) is 0 Å². The molecule has 1 rings (SSSR count). The third kappa shape index (κ3) is 3.25. The van der Waals surface area contributed by atoms with Gasteiger partial charge in [0, 0.05) is 26.2 Å².